The number of phenolic OH excluding ortho intramolecular Hbond substituents is 1. The first-order valence-electron chi connectivity index (χ1n) is 10.6. The summed E-state index contributed by atoms with van der Waals surface area (Å²) in [5, 5.41) is 11.4. The molecule has 1 aliphatic rings. The van der Waals surface area contributed by atoms with E-state index in [0.29, 0.717) is 12.4 Å². The third-order valence-corrected chi connectivity index (χ3v) is 5.87. The van der Waals surface area contributed by atoms with Gasteiger partial charge in [0.15, 0.2) is 0 Å². The van der Waals surface area contributed by atoms with E-state index in [2.05, 4.69) is 112 Å². The first-order chi connectivity index (χ1) is 14.1. The summed E-state index contributed by atoms with van der Waals surface area (Å²) in [6.45, 7) is 13.8. The average Bonchev–Trinajstić information content (AvgIpc) is 3.06. The standard InChI is InChI=1S/C27H32N2O/c1-26(2,3)19-16-21(27(4,5)6)25(30)24(17-19)29-18-28(20-12-8-7-9-13-20)22-14-10-11-15-23(22)29/h7-17,30H,18H2,1-6H3. The largest absolute Gasteiger partial charge is 0.505 e. The molecule has 0 aromatic heterocycles. The lowest BCUT2D eigenvalue weighted by atomic mass is 9.79. The highest BCUT2D eigenvalue weighted by Gasteiger charge is 2.32. The minimum atomic E-state index is -0.154. The first-order valence-corrected chi connectivity index (χ1v) is 10.6. The van der Waals surface area contributed by atoms with Crippen molar-refractivity contribution in [1.29, 1.82) is 0 Å². The van der Waals surface area contributed by atoms with Crippen LogP contribution in [0, 0.1) is 0 Å². The van der Waals surface area contributed by atoms with Crippen LogP contribution in [-0.2, 0) is 10.8 Å². The van der Waals surface area contributed by atoms with E-state index < -0.39 is 0 Å². The van der Waals surface area contributed by atoms with Gasteiger partial charge in [0.05, 0.1) is 17.1 Å². The fraction of sp³-hybridized carbons (Fsp3) is 0.333. The minimum absolute atomic E-state index is 0.0131. The SMILES string of the molecule is CC(C)(C)c1cc(N2CN(c3ccccc3)c3ccccc32)c(O)c(C(C)(C)C)c1. The molecule has 0 saturated carbocycles. The first kappa shape index (κ1) is 20.3. The summed E-state index contributed by atoms with van der Waals surface area (Å²) >= 11 is 0. The van der Waals surface area contributed by atoms with Gasteiger partial charge in [-0.05, 0) is 46.7 Å². The number of benzene rings is 3. The third kappa shape index (κ3) is 3.54. The fourth-order valence-corrected chi connectivity index (χ4v) is 4.08. The Morgan fingerprint density at radius 2 is 1.23 bits per heavy atom. The molecular formula is C27H32N2O. The molecule has 4 rings (SSSR count). The number of hydrogen-bond acceptors (Lipinski definition) is 3. The topological polar surface area (TPSA) is 26.7 Å². The van der Waals surface area contributed by atoms with E-state index in [9.17, 15) is 5.11 Å². The molecule has 1 N–H and O–H groups in total. The van der Waals surface area contributed by atoms with Crippen molar-refractivity contribution in [1.82, 2.24) is 0 Å². The Morgan fingerprint density at radius 1 is 0.667 bits per heavy atom. The quantitative estimate of drug-likeness (QED) is 0.491. The monoisotopic (exact) mass is 400 g/mol. The summed E-state index contributed by atoms with van der Waals surface area (Å²) in [6, 6.07) is 23.2. The number of para-hydroxylation sites is 3. The Labute approximate surface area is 180 Å². The number of aromatic hydroxyl groups is 1. The van der Waals surface area contributed by atoms with Crippen LogP contribution in [-0.4, -0.2) is 11.8 Å². The summed E-state index contributed by atoms with van der Waals surface area (Å²) in [6.07, 6.45) is 0. The van der Waals surface area contributed by atoms with Crippen molar-refractivity contribution in [2.45, 2.75) is 52.4 Å². The van der Waals surface area contributed by atoms with Gasteiger partial charge in [-0.3, -0.25) is 0 Å². The number of anilines is 4. The van der Waals surface area contributed by atoms with E-state index >= 15 is 0 Å². The van der Waals surface area contributed by atoms with Gasteiger partial charge >= 0.3 is 0 Å². The van der Waals surface area contributed by atoms with Crippen LogP contribution in [0.5, 0.6) is 5.75 Å². The number of phenols is 1. The third-order valence-electron chi connectivity index (χ3n) is 5.87. The zero-order valence-electron chi connectivity index (χ0n) is 18.9. The normalized spacial score (nSPS) is 14.2. The molecule has 0 amide bonds. The summed E-state index contributed by atoms with van der Waals surface area (Å²) in [5.74, 6) is 0.375. The molecule has 1 aliphatic heterocycles. The van der Waals surface area contributed by atoms with E-state index in [1.165, 1.54) is 5.56 Å². The number of rotatable bonds is 2. The highest BCUT2D eigenvalue weighted by molar-refractivity contribution is 5.88. The zero-order valence-corrected chi connectivity index (χ0v) is 18.9. The van der Waals surface area contributed by atoms with Crippen LogP contribution < -0.4 is 9.80 Å². The molecule has 1 heterocycles. The predicted octanol–water partition coefficient (Wildman–Crippen LogP) is 7.23. The van der Waals surface area contributed by atoms with Crippen LogP contribution >= 0.6 is 0 Å². The minimum Gasteiger partial charge on any atom is -0.505 e. The van der Waals surface area contributed by atoms with Gasteiger partial charge < -0.3 is 14.9 Å². The van der Waals surface area contributed by atoms with E-state index in [-0.39, 0.29) is 10.8 Å². The van der Waals surface area contributed by atoms with Crippen molar-refractivity contribution in [3.05, 3.63) is 77.9 Å². The van der Waals surface area contributed by atoms with Gasteiger partial charge in [-0.15, -0.1) is 0 Å². The molecule has 3 nitrogen and oxygen atoms in total. The summed E-state index contributed by atoms with van der Waals surface area (Å²) in [4.78, 5) is 4.54. The molecule has 0 bridgehead atoms. The molecule has 0 spiro atoms. The number of nitrogens with zero attached hydrogens (tertiary/aromatic N) is 2. The summed E-state index contributed by atoms with van der Waals surface area (Å²) in [7, 11) is 0. The second kappa shape index (κ2) is 7.09. The Hall–Kier alpha value is -2.94. The molecule has 3 aromatic carbocycles. The predicted molar refractivity (Wildman–Crippen MR) is 128 cm³/mol. The molecule has 0 unspecified atom stereocenters. The van der Waals surface area contributed by atoms with Crippen molar-refractivity contribution in [3.8, 4) is 5.75 Å². The van der Waals surface area contributed by atoms with Gasteiger partial charge in [0.1, 0.15) is 12.4 Å². The maximum Gasteiger partial charge on any atom is 0.143 e. The lowest BCUT2D eigenvalue weighted by molar-refractivity contribution is 0.445. The van der Waals surface area contributed by atoms with Crippen LogP contribution in [0.2, 0.25) is 0 Å². The fourth-order valence-electron chi connectivity index (χ4n) is 4.08. The van der Waals surface area contributed by atoms with Gasteiger partial charge in [-0.1, -0.05) is 77.9 Å². The molecule has 0 aliphatic carbocycles. The van der Waals surface area contributed by atoms with Crippen LogP contribution in [0.4, 0.5) is 22.7 Å². The van der Waals surface area contributed by atoms with Crippen LogP contribution in [0.25, 0.3) is 0 Å². The molecule has 0 atom stereocenters. The number of fused-ring (bicyclic) bond motifs is 1. The Balaban J connectivity index is 1.90. The van der Waals surface area contributed by atoms with Crippen molar-refractivity contribution in [2.75, 3.05) is 16.5 Å². The lowest BCUT2D eigenvalue weighted by Gasteiger charge is -2.30. The Morgan fingerprint density at radius 3 is 1.80 bits per heavy atom. The molecule has 0 radical (unpaired) electrons. The van der Waals surface area contributed by atoms with Gasteiger partial charge in [0.25, 0.3) is 0 Å². The van der Waals surface area contributed by atoms with E-state index in [1.807, 2.05) is 6.07 Å². The van der Waals surface area contributed by atoms with Gasteiger partial charge in [0, 0.05) is 11.3 Å². The Kier molecular flexibility index (Phi) is 4.80. The highest BCUT2D eigenvalue weighted by Crippen LogP contribution is 2.49. The van der Waals surface area contributed by atoms with Crippen molar-refractivity contribution >= 4 is 22.7 Å². The van der Waals surface area contributed by atoms with Gasteiger partial charge in [-0.2, -0.15) is 0 Å². The molecule has 3 heteroatoms. The van der Waals surface area contributed by atoms with Crippen molar-refractivity contribution in [3.63, 3.8) is 0 Å². The van der Waals surface area contributed by atoms with Crippen LogP contribution in [0.1, 0.15) is 52.7 Å². The lowest BCUT2D eigenvalue weighted by Crippen LogP contribution is -2.25. The second-order valence-corrected chi connectivity index (χ2v) is 10.2. The van der Waals surface area contributed by atoms with Crippen LogP contribution in [0.3, 0.4) is 0 Å². The van der Waals surface area contributed by atoms with Crippen molar-refractivity contribution in [2.24, 2.45) is 0 Å². The van der Waals surface area contributed by atoms with E-state index in [1.54, 1.807) is 0 Å². The van der Waals surface area contributed by atoms with Crippen molar-refractivity contribution < 1.29 is 5.11 Å². The highest BCUT2D eigenvalue weighted by atomic mass is 16.3. The number of hydrogen-bond donors (Lipinski definition) is 1. The molecule has 0 saturated heterocycles. The summed E-state index contributed by atoms with van der Waals surface area (Å²) < 4.78 is 0. The smallest absolute Gasteiger partial charge is 0.143 e. The maximum atomic E-state index is 11.4. The molecule has 156 valence electrons. The van der Waals surface area contributed by atoms with Gasteiger partial charge in [0.2, 0.25) is 0 Å². The molecular weight excluding hydrogens is 368 g/mol. The molecule has 30 heavy (non-hydrogen) atoms. The summed E-state index contributed by atoms with van der Waals surface area (Å²) in [5.41, 5.74) is 6.34. The van der Waals surface area contributed by atoms with Crippen LogP contribution in [0.15, 0.2) is 66.7 Å². The molecule has 3 aromatic rings. The van der Waals surface area contributed by atoms with E-state index in [0.717, 1.165) is 28.3 Å². The second-order valence-electron chi connectivity index (χ2n) is 10.2. The average molecular weight is 401 g/mol. The maximum absolute atomic E-state index is 11.4. The van der Waals surface area contributed by atoms with E-state index in [4.69, 9.17) is 0 Å². The van der Waals surface area contributed by atoms with Gasteiger partial charge in [-0.25, -0.2) is 0 Å². The zero-order chi connectivity index (χ0) is 21.7. The molecule has 0 fully saturated rings. The Bertz CT molecular complexity index is 1060.